The van der Waals surface area contributed by atoms with E-state index in [4.69, 9.17) is 0 Å². The number of benzene rings is 2. The van der Waals surface area contributed by atoms with Crippen molar-refractivity contribution in [3.63, 3.8) is 0 Å². The van der Waals surface area contributed by atoms with Crippen LogP contribution in [0.4, 0.5) is 5.69 Å². The van der Waals surface area contributed by atoms with Crippen molar-refractivity contribution in [2.75, 3.05) is 45.2 Å². The zero-order chi connectivity index (χ0) is 22.0. The van der Waals surface area contributed by atoms with E-state index in [2.05, 4.69) is 27.3 Å². The number of aromatic nitrogens is 3. The van der Waals surface area contributed by atoms with Crippen LogP contribution in [-0.2, 0) is 21.4 Å². The number of sulfonamides is 1. The maximum atomic E-state index is 12.7. The number of piperazine rings is 1. The van der Waals surface area contributed by atoms with Gasteiger partial charge in [-0.05, 0) is 30.3 Å². The lowest BCUT2D eigenvalue weighted by atomic mass is 10.2. The number of fused-ring (bicyclic) bond motifs is 1. The summed E-state index contributed by atoms with van der Waals surface area (Å²) in [6, 6.07) is 15.0. The predicted octanol–water partition coefficient (Wildman–Crippen LogP) is 1.42. The van der Waals surface area contributed by atoms with E-state index < -0.39 is 10.0 Å². The lowest BCUT2D eigenvalue weighted by Gasteiger charge is -2.36. The quantitative estimate of drug-likeness (QED) is 0.573. The summed E-state index contributed by atoms with van der Waals surface area (Å²) in [6.07, 6.45) is 0.321. The van der Waals surface area contributed by atoms with Gasteiger partial charge in [0.15, 0.2) is 0 Å². The molecule has 0 bridgehead atoms. The minimum absolute atomic E-state index is 0.0863. The van der Waals surface area contributed by atoms with E-state index in [1.165, 1.54) is 25.8 Å². The maximum Gasteiger partial charge on any atom is 0.242 e. The molecule has 1 amide bonds. The average molecular weight is 443 g/mol. The van der Waals surface area contributed by atoms with Crippen molar-refractivity contribution in [3.05, 3.63) is 48.5 Å². The van der Waals surface area contributed by atoms with Gasteiger partial charge in [-0.3, -0.25) is 4.79 Å². The summed E-state index contributed by atoms with van der Waals surface area (Å²) in [7, 11) is -0.557. The molecule has 0 saturated carbocycles. The molecule has 0 N–H and O–H groups in total. The van der Waals surface area contributed by atoms with E-state index >= 15 is 0 Å². The van der Waals surface area contributed by atoms with Crippen molar-refractivity contribution in [3.8, 4) is 0 Å². The van der Waals surface area contributed by atoms with Gasteiger partial charge in [0.1, 0.15) is 5.52 Å². The van der Waals surface area contributed by atoms with Crippen LogP contribution in [0.2, 0.25) is 0 Å². The van der Waals surface area contributed by atoms with Gasteiger partial charge in [0.2, 0.25) is 15.9 Å². The van der Waals surface area contributed by atoms with Crippen LogP contribution in [-0.4, -0.2) is 78.8 Å². The Kier molecular flexibility index (Phi) is 5.92. The molecule has 10 heteroatoms. The zero-order valence-electron chi connectivity index (χ0n) is 17.7. The molecule has 1 aliphatic rings. The molecule has 4 rings (SSSR count). The smallest absolute Gasteiger partial charge is 0.242 e. The van der Waals surface area contributed by atoms with Gasteiger partial charge in [-0.15, -0.1) is 5.10 Å². The summed E-state index contributed by atoms with van der Waals surface area (Å²) in [5, 5.41) is 8.20. The number of rotatable bonds is 6. The molecular formula is C21H26N6O3S. The van der Waals surface area contributed by atoms with Crippen LogP contribution >= 0.6 is 0 Å². The van der Waals surface area contributed by atoms with Crippen LogP contribution in [0.25, 0.3) is 11.0 Å². The molecule has 0 radical (unpaired) electrons. The van der Waals surface area contributed by atoms with Gasteiger partial charge in [-0.2, -0.15) is 0 Å². The van der Waals surface area contributed by atoms with E-state index in [0.29, 0.717) is 37.1 Å². The molecule has 0 aliphatic carbocycles. The van der Waals surface area contributed by atoms with Crippen LogP contribution in [0.1, 0.15) is 6.42 Å². The van der Waals surface area contributed by atoms with E-state index in [1.54, 1.807) is 16.8 Å². The second kappa shape index (κ2) is 8.64. The third kappa shape index (κ3) is 4.40. The Morgan fingerprint density at radius 2 is 1.74 bits per heavy atom. The number of anilines is 1. The topological polar surface area (TPSA) is 91.6 Å². The fraction of sp³-hybridized carbons (Fsp3) is 0.381. The number of aryl methyl sites for hydroxylation is 1. The first kappa shape index (κ1) is 21.3. The lowest BCUT2D eigenvalue weighted by molar-refractivity contribution is -0.131. The van der Waals surface area contributed by atoms with Gasteiger partial charge in [-0.25, -0.2) is 17.4 Å². The monoisotopic (exact) mass is 442 g/mol. The molecule has 0 atom stereocenters. The van der Waals surface area contributed by atoms with Crippen molar-refractivity contribution in [1.82, 2.24) is 24.2 Å². The Labute approximate surface area is 181 Å². The van der Waals surface area contributed by atoms with Crippen LogP contribution in [0.15, 0.2) is 53.4 Å². The van der Waals surface area contributed by atoms with Crippen molar-refractivity contribution in [1.29, 1.82) is 0 Å². The van der Waals surface area contributed by atoms with Crippen LogP contribution in [0.3, 0.4) is 0 Å². The molecule has 1 aromatic heterocycles. The molecule has 0 unspecified atom stereocenters. The average Bonchev–Trinajstić information content (AvgIpc) is 3.20. The van der Waals surface area contributed by atoms with E-state index in [9.17, 15) is 13.2 Å². The Hall–Kier alpha value is -2.98. The lowest BCUT2D eigenvalue weighted by Crippen LogP contribution is -2.48. The SMILES string of the molecule is CN(C)S(=O)(=O)c1ccc2c(c1)nnn2CCC(=O)N1CCN(c2ccccc2)CC1. The Balaban J connectivity index is 1.37. The highest BCUT2D eigenvalue weighted by Crippen LogP contribution is 2.20. The summed E-state index contributed by atoms with van der Waals surface area (Å²) in [5.41, 5.74) is 2.38. The minimum Gasteiger partial charge on any atom is -0.368 e. The van der Waals surface area contributed by atoms with Gasteiger partial charge in [0.25, 0.3) is 0 Å². The maximum absolute atomic E-state index is 12.7. The molecule has 1 saturated heterocycles. The van der Waals surface area contributed by atoms with E-state index in [1.807, 2.05) is 23.1 Å². The number of hydrogen-bond donors (Lipinski definition) is 0. The molecule has 1 fully saturated rings. The van der Waals surface area contributed by atoms with Gasteiger partial charge < -0.3 is 9.80 Å². The molecular weight excluding hydrogens is 416 g/mol. The molecule has 2 heterocycles. The zero-order valence-corrected chi connectivity index (χ0v) is 18.5. The molecule has 3 aromatic rings. The standard InChI is InChI=1S/C21H26N6O3S/c1-24(2)31(29,30)18-8-9-20-19(16-18)22-23-27(20)11-10-21(28)26-14-12-25(13-15-26)17-6-4-3-5-7-17/h3-9,16H,10-15H2,1-2H3. The first-order valence-corrected chi connectivity index (χ1v) is 11.6. The normalized spacial score (nSPS) is 15.1. The van der Waals surface area contributed by atoms with Gasteiger partial charge in [-0.1, -0.05) is 23.4 Å². The second-order valence-electron chi connectivity index (χ2n) is 7.70. The first-order valence-electron chi connectivity index (χ1n) is 10.2. The summed E-state index contributed by atoms with van der Waals surface area (Å²) in [6.45, 7) is 3.40. The van der Waals surface area contributed by atoms with Crippen molar-refractivity contribution >= 4 is 32.7 Å². The predicted molar refractivity (Wildman–Crippen MR) is 118 cm³/mol. The number of carbonyl (C=O) groups excluding carboxylic acids is 1. The van der Waals surface area contributed by atoms with Gasteiger partial charge in [0.05, 0.1) is 17.0 Å². The van der Waals surface area contributed by atoms with Crippen molar-refractivity contribution in [2.45, 2.75) is 17.9 Å². The highest BCUT2D eigenvalue weighted by atomic mass is 32.2. The Bertz CT molecular complexity index is 1170. The van der Waals surface area contributed by atoms with Crippen molar-refractivity contribution in [2.24, 2.45) is 0 Å². The number of carbonyl (C=O) groups is 1. The fourth-order valence-electron chi connectivity index (χ4n) is 3.70. The summed E-state index contributed by atoms with van der Waals surface area (Å²) < 4.78 is 27.4. The first-order chi connectivity index (χ1) is 14.9. The Morgan fingerprint density at radius 1 is 1.03 bits per heavy atom. The third-order valence-electron chi connectivity index (χ3n) is 5.56. The summed E-state index contributed by atoms with van der Waals surface area (Å²) >= 11 is 0. The fourth-order valence-corrected chi connectivity index (χ4v) is 4.62. The summed E-state index contributed by atoms with van der Waals surface area (Å²) in [4.78, 5) is 17.0. The van der Waals surface area contributed by atoms with Crippen LogP contribution in [0.5, 0.6) is 0 Å². The Morgan fingerprint density at radius 3 is 2.42 bits per heavy atom. The largest absolute Gasteiger partial charge is 0.368 e. The number of nitrogens with zero attached hydrogens (tertiary/aromatic N) is 6. The molecule has 9 nitrogen and oxygen atoms in total. The summed E-state index contributed by atoms with van der Waals surface area (Å²) in [5.74, 6) is 0.0863. The third-order valence-corrected chi connectivity index (χ3v) is 7.37. The molecule has 164 valence electrons. The minimum atomic E-state index is -3.53. The molecule has 1 aliphatic heterocycles. The molecule has 0 spiro atoms. The second-order valence-corrected chi connectivity index (χ2v) is 9.86. The van der Waals surface area contributed by atoms with Gasteiger partial charge in [0, 0.05) is 52.4 Å². The van der Waals surface area contributed by atoms with Crippen LogP contribution in [0, 0.1) is 0 Å². The number of amides is 1. The number of hydrogen-bond acceptors (Lipinski definition) is 6. The highest BCUT2D eigenvalue weighted by Gasteiger charge is 2.22. The number of para-hydroxylation sites is 1. The van der Waals surface area contributed by atoms with Gasteiger partial charge >= 0.3 is 0 Å². The van der Waals surface area contributed by atoms with E-state index in [0.717, 1.165) is 17.4 Å². The molecule has 2 aromatic carbocycles. The highest BCUT2D eigenvalue weighted by molar-refractivity contribution is 7.89. The van der Waals surface area contributed by atoms with E-state index in [-0.39, 0.29) is 10.8 Å². The molecule has 31 heavy (non-hydrogen) atoms. The van der Waals surface area contributed by atoms with Crippen molar-refractivity contribution < 1.29 is 13.2 Å². The van der Waals surface area contributed by atoms with Crippen LogP contribution < -0.4 is 4.90 Å².